The van der Waals surface area contributed by atoms with Crippen molar-refractivity contribution in [3.63, 3.8) is 0 Å². The van der Waals surface area contributed by atoms with Gasteiger partial charge in [-0.15, -0.1) is 0 Å². The topological polar surface area (TPSA) is 38.5 Å². The fourth-order valence-electron chi connectivity index (χ4n) is 2.44. The molecule has 2 N–H and O–H groups in total. The third-order valence-corrected chi connectivity index (χ3v) is 3.71. The van der Waals surface area contributed by atoms with E-state index < -0.39 is 0 Å². The van der Waals surface area contributed by atoms with Crippen LogP contribution in [0.15, 0.2) is 30.3 Å². The average molecular weight is 248 g/mol. The average Bonchev–Trinajstić information content (AvgIpc) is 2.46. The monoisotopic (exact) mass is 248 g/mol. The molecule has 0 saturated carbocycles. The lowest BCUT2D eigenvalue weighted by Gasteiger charge is -2.35. The van der Waals surface area contributed by atoms with Crippen LogP contribution < -0.4 is 5.73 Å². The number of hydrogen-bond donors (Lipinski definition) is 1. The minimum Gasteiger partial charge on any atom is -0.374 e. The standard InChI is InChI=1S/C15H24N2O/c1-2-17-10-11-18-15(12-17)14(16)9-8-13-6-4-3-5-7-13/h3-7,14-15H,2,8-12,16H2,1H3. The van der Waals surface area contributed by atoms with Gasteiger partial charge in [-0.2, -0.15) is 0 Å². The zero-order chi connectivity index (χ0) is 12.8. The van der Waals surface area contributed by atoms with E-state index >= 15 is 0 Å². The maximum absolute atomic E-state index is 6.26. The molecule has 0 amide bonds. The molecular weight excluding hydrogens is 224 g/mol. The Kier molecular flexibility index (Phi) is 5.17. The Labute approximate surface area is 110 Å². The van der Waals surface area contributed by atoms with E-state index in [2.05, 4.69) is 36.1 Å². The molecule has 1 aromatic carbocycles. The molecule has 0 spiro atoms. The Balaban J connectivity index is 1.79. The van der Waals surface area contributed by atoms with Gasteiger partial charge in [0.15, 0.2) is 0 Å². The first-order valence-electron chi connectivity index (χ1n) is 6.93. The van der Waals surface area contributed by atoms with Crippen molar-refractivity contribution in [2.45, 2.75) is 31.9 Å². The Bertz CT molecular complexity index is 342. The van der Waals surface area contributed by atoms with Crippen LogP contribution in [0.3, 0.4) is 0 Å². The molecule has 0 bridgehead atoms. The number of morpholine rings is 1. The molecule has 1 fully saturated rings. The maximum Gasteiger partial charge on any atom is 0.0853 e. The molecular formula is C15H24N2O. The normalized spacial score (nSPS) is 22.9. The van der Waals surface area contributed by atoms with E-state index in [1.807, 2.05) is 6.07 Å². The SMILES string of the molecule is CCN1CCOC(C(N)CCc2ccccc2)C1. The van der Waals surface area contributed by atoms with Crippen LogP contribution >= 0.6 is 0 Å². The smallest absolute Gasteiger partial charge is 0.0853 e. The van der Waals surface area contributed by atoms with Crippen molar-refractivity contribution in [2.24, 2.45) is 5.73 Å². The largest absolute Gasteiger partial charge is 0.374 e. The Hall–Kier alpha value is -0.900. The number of likely N-dealkylation sites (N-methyl/N-ethyl adjacent to an activating group) is 1. The molecule has 2 unspecified atom stereocenters. The summed E-state index contributed by atoms with van der Waals surface area (Å²) in [4.78, 5) is 2.41. The molecule has 0 aliphatic carbocycles. The summed E-state index contributed by atoms with van der Waals surface area (Å²) in [6, 6.07) is 10.7. The summed E-state index contributed by atoms with van der Waals surface area (Å²) in [5, 5.41) is 0. The van der Waals surface area contributed by atoms with Crippen LogP contribution in [0.1, 0.15) is 18.9 Å². The molecule has 2 atom stereocenters. The summed E-state index contributed by atoms with van der Waals surface area (Å²) in [6.45, 7) is 6.12. The summed E-state index contributed by atoms with van der Waals surface area (Å²) in [5.41, 5.74) is 7.62. The molecule has 1 aliphatic rings. The highest BCUT2D eigenvalue weighted by atomic mass is 16.5. The third kappa shape index (κ3) is 3.80. The molecule has 18 heavy (non-hydrogen) atoms. The molecule has 3 nitrogen and oxygen atoms in total. The van der Waals surface area contributed by atoms with Gasteiger partial charge in [-0.05, 0) is 24.9 Å². The number of hydrogen-bond acceptors (Lipinski definition) is 3. The van der Waals surface area contributed by atoms with Crippen LogP contribution in [0.25, 0.3) is 0 Å². The van der Waals surface area contributed by atoms with Crippen molar-refractivity contribution in [3.05, 3.63) is 35.9 Å². The predicted octanol–water partition coefficient (Wildman–Crippen LogP) is 1.67. The van der Waals surface area contributed by atoms with Crippen molar-refractivity contribution in [3.8, 4) is 0 Å². The molecule has 100 valence electrons. The molecule has 2 rings (SSSR count). The molecule has 1 heterocycles. The van der Waals surface area contributed by atoms with E-state index in [0.717, 1.165) is 39.1 Å². The highest BCUT2D eigenvalue weighted by molar-refractivity contribution is 5.14. The lowest BCUT2D eigenvalue weighted by Crippen LogP contribution is -2.50. The second kappa shape index (κ2) is 6.88. The maximum atomic E-state index is 6.26. The van der Waals surface area contributed by atoms with Crippen LogP contribution in [0, 0.1) is 0 Å². The number of ether oxygens (including phenoxy) is 1. The summed E-state index contributed by atoms with van der Waals surface area (Å²) in [5.74, 6) is 0. The second-order valence-corrected chi connectivity index (χ2v) is 4.99. The van der Waals surface area contributed by atoms with E-state index in [1.54, 1.807) is 0 Å². The zero-order valence-corrected chi connectivity index (χ0v) is 11.2. The van der Waals surface area contributed by atoms with E-state index in [1.165, 1.54) is 5.56 Å². The van der Waals surface area contributed by atoms with Gasteiger partial charge in [0.25, 0.3) is 0 Å². The van der Waals surface area contributed by atoms with Gasteiger partial charge >= 0.3 is 0 Å². The lowest BCUT2D eigenvalue weighted by atomic mass is 10.0. The van der Waals surface area contributed by atoms with Crippen LogP contribution in [-0.4, -0.2) is 43.3 Å². The predicted molar refractivity (Wildman–Crippen MR) is 74.6 cm³/mol. The highest BCUT2D eigenvalue weighted by Crippen LogP contribution is 2.12. The van der Waals surface area contributed by atoms with Crippen molar-refractivity contribution >= 4 is 0 Å². The van der Waals surface area contributed by atoms with Gasteiger partial charge in [0, 0.05) is 19.1 Å². The van der Waals surface area contributed by atoms with Gasteiger partial charge < -0.3 is 10.5 Å². The van der Waals surface area contributed by atoms with Crippen molar-refractivity contribution in [1.29, 1.82) is 0 Å². The number of benzene rings is 1. The Morgan fingerprint density at radius 2 is 2.17 bits per heavy atom. The van der Waals surface area contributed by atoms with E-state index in [4.69, 9.17) is 10.5 Å². The lowest BCUT2D eigenvalue weighted by molar-refractivity contribution is -0.0397. The van der Waals surface area contributed by atoms with Gasteiger partial charge in [0.1, 0.15) is 0 Å². The highest BCUT2D eigenvalue weighted by Gasteiger charge is 2.24. The van der Waals surface area contributed by atoms with Crippen molar-refractivity contribution in [1.82, 2.24) is 4.90 Å². The van der Waals surface area contributed by atoms with Gasteiger partial charge in [0.05, 0.1) is 12.7 Å². The second-order valence-electron chi connectivity index (χ2n) is 4.99. The van der Waals surface area contributed by atoms with E-state index in [-0.39, 0.29) is 12.1 Å². The first-order chi connectivity index (χ1) is 8.79. The first kappa shape index (κ1) is 13.5. The number of rotatable bonds is 5. The molecule has 3 heteroatoms. The minimum absolute atomic E-state index is 0.138. The Morgan fingerprint density at radius 3 is 2.89 bits per heavy atom. The van der Waals surface area contributed by atoms with Gasteiger partial charge in [-0.3, -0.25) is 4.90 Å². The number of aryl methyl sites for hydroxylation is 1. The van der Waals surface area contributed by atoms with Crippen LogP contribution in [-0.2, 0) is 11.2 Å². The molecule has 0 aromatic heterocycles. The molecule has 1 aromatic rings. The van der Waals surface area contributed by atoms with E-state index in [9.17, 15) is 0 Å². The number of nitrogens with two attached hydrogens (primary N) is 1. The van der Waals surface area contributed by atoms with Gasteiger partial charge in [-0.25, -0.2) is 0 Å². The fraction of sp³-hybridized carbons (Fsp3) is 0.600. The molecule has 1 aliphatic heterocycles. The zero-order valence-electron chi connectivity index (χ0n) is 11.2. The third-order valence-electron chi connectivity index (χ3n) is 3.71. The first-order valence-corrected chi connectivity index (χ1v) is 6.93. The van der Waals surface area contributed by atoms with Crippen molar-refractivity contribution < 1.29 is 4.74 Å². The quantitative estimate of drug-likeness (QED) is 0.861. The fourth-order valence-corrected chi connectivity index (χ4v) is 2.44. The summed E-state index contributed by atoms with van der Waals surface area (Å²) >= 11 is 0. The summed E-state index contributed by atoms with van der Waals surface area (Å²) in [6.07, 6.45) is 2.22. The van der Waals surface area contributed by atoms with Crippen LogP contribution in [0.4, 0.5) is 0 Å². The van der Waals surface area contributed by atoms with Crippen LogP contribution in [0.5, 0.6) is 0 Å². The summed E-state index contributed by atoms with van der Waals surface area (Å²) in [7, 11) is 0. The van der Waals surface area contributed by atoms with Crippen molar-refractivity contribution in [2.75, 3.05) is 26.2 Å². The molecule has 1 saturated heterocycles. The van der Waals surface area contributed by atoms with Crippen LogP contribution in [0.2, 0.25) is 0 Å². The van der Waals surface area contributed by atoms with Gasteiger partial charge in [0.2, 0.25) is 0 Å². The minimum atomic E-state index is 0.138. The number of nitrogens with zero attached hydrogens (tertiary/aromatic N) is 1. The summed E-state index contributed by atoms with van der Waals surface area (Å²) < 4.78 is 5.79. The van der Waals surface area contributed by atoms with Gasteiger partial charge in [-0.1, -0.05) is 37.3 Å². The Morgan fingerprint density at radius 1 is 1.39 bits per heavy atom. The van der Waals surface area contributed by atoms with E-state index in [0.29, 0.717) is 0 Å². The molecule has 0 radical (unpaired) electrons.